The van der Waals surface area contributed by atoms with Gasteiger partial charge in [-0.3, -0.25) is 0 Å². The van der Waals surface area contributed by atoms with Crippen molar-refractivity contribution in [2.24, 2.45) is 0 Å². The van der Waals surface area contributed by atoms with Crippen LogP contribution in [0.3, 0.4) is 0 Å². The zero-order valence-electron chi connectivity index (χ0n) is 13.6. The molecule has 0 aromatic heterocycles. The van der Waals surface area contributed by atoms with Crippen molar-refractivity contribution >= 4 is 0 Å². The van der Waals surface area contributed by atoms with E-state index in [9.17, 15) is 0 Å². The molecule has 21 heavy (non-hydrogen) atoms. The Balaban J connectivity index is 2.17. The molecule has 0 heterocycles. The average Bonchev–Trinajstić information content (AvgIpc) is 2.53. The standard InChI is InChI=1S/C18H30O3/c1-3-4-5-6-7-8-9-10-13-21-18-14-16(15-19)11-12-17(18)20-2/h11-12,14,19H,3-10,13,15H2,1-2H3. The van der Waals surface area contributed by atoms with Gasteiger partial charge < -0.3 is 14.6 Å². The number of hydrogen-bond donors (Lipinski definition) is 1. The molecule has 0 bridgehead atoms. The molecule has 3 nitrogen and oxygen atoms in total. The first-order chi connectivity index (χ1) is 10.3. The molecular weight excluding hydrogens is 264 g/mol. The maximum Gasteiger partial charge on any atom is 0.161 e. The van der Waals surface area contributed by atoms with Crippen molar-refractivity contribution < 1.29 is 14.6 Å². The lowest BCUT2D eigenvalue weighted by molar-refractivity contribution is 0.272. The maximum atomic E-state index is 9.16. The van der Waals surface area contributed by atoms with Crippen molar-refractivity contribution in [2.75, 3.05) is 13.7 Å². The van der Waals surface area contributed by atoms with Crippen LogP contribution >= 0.6 is 0 Å². The first-order valence-electron chi connectivity index (χ1n) is 8.22. The Labute approximate surface area is 129 Å². The minimum atomic E-state index is 0.0259. The van der Waals surface area contributed by atoms with E-state index in [-0.39, 0.29) is 6.61 Å². The van der Waals surface area contributed by atoms with Crippen molar-refractivity contribution in [2.45, 2.75) is 64.9 Å². The summed E-state index contributed by atoms with van der Waals surface area (Å²) in [5, 5.41) is 9.16. The molecule has 1 N–H and O–H groups in total. The number of methoxy groups -OCH3 is 1. The summed E-state index contributed by atoms with van der Waals surface area (Å²) in [5.41, 5.74) is 0.849. The highest BCUT2D eigenvalue weighted by molar-refractivity contribution is 5.42. The lowest BCUT2D eigenvalue weighted by Crippen LogP contribution is -2.00. The van der Waals surface area contributed by atoms with Crippen molar-refractivity contribution in [3.63, 3.8) is 0 Å². The van der Waals surface area contributed by atoms with E-state index in [0.29, 0.717) is 6.61 Å². The summed E-state index contributed by atoms with van der Waals surface area (Å²) in [6.07, 6.45) is 10.3. The summed E-state index contributed by atoms with van der Waals surface area (Å²) in [5.74, 6) is 1.46. The second-order valence-corrected chi connectivity index (χ2v) is 5.47. The Kier molecular flexibility index (Phi) is 9.71. The predicted molar refractivity (Wildman–Crippen MR) is 87.0 cm³/mol. The van der Waals surface area contributed by atoms with Gasteiger partial charge in [0.25, 0.3) is 0 Å². The van der Waals surface area contributed by atoms with Crippen LogP contribution in [0.4, 0.5) is 0 Å². The fourth-order valence-corrected chi connectivity index (χ4v) is 2.35. The van der Waals surface area contributed by atoms with Crippen LogP contribution in [-0.4, -0.2) is 18.8 Å². The van der Waals surface area contributed by atoms with Crippen molar-refractivity contribution in [1.82, 2.24) is 0 Å². The van der Waals surface area contributed by atoms with Gasteiger partial charge in [-0.25, -0.2) is 0 Å². The molecule has 1 aromatic carbocycles. The third kappa shape index (κ3) is 7.37. The molecule has 0 amide bonds. The molecule has 0 aliphatic rings. The molecule has 0 saturated carbocycles. The van der Waals surface area contributed by atoms with Crippen LogP contribution in [0.15, 0.2) is 18.2 Å². The van der Waals surface area contributed by atoms with Crippen LogP contribution in [0.2, 0.25) is 0 Å². The first kappa shape index (κ1) is 17.8. The van der Waals surface area contributed by atoms with Gasteiger partial charge in [0.05, 0.1) is 20.3 Å². The summed E-state index contributed by atoms with van der Waals surface area (Å²) in [6.45, 7) is 2.98. The van der Waals surface area contributed by atoms with Crippen LogP contribution in [0.5, 0.6) is 11.5 Å². The number of rotatable bonds is 12. The van der Waals surface area contributed by atoms with Crippen LogP contribution in [-0.2, 0) is 6.61 Å². The second-order valence-electron chi connectivity index (χ2n) is 5.47. The minimum Gasteiger partial charge on any atom is -0.493 e. The quantitative estimate of drug-likeness (QED) is 0.567. The molecule has 0 radical (unpaired) electrons. The Hall–Kier alpha value is -1.22. The molecule has 120 valence electrons. The van der Waals surface area contributed by atoms with Crippen LogP contribution in [0, 0.1) is 0 Å². The van der Waals surface area contributed by atoms with Crippen LogP contribution in [0.1, 0.15) is 63.9 Å². The zero-order chi connectivity index (χ0) is 15.3. The highest BCUT2D eigenvalue weighted by atomic mass is 16.5. The van der Waals surface area contributed by atoms with Crippen molar-refractivity contribution in [1.29, 1.82) is 0 Å². The van der Waals surface area contributed by atoms with Gasteiger partial charge in [0.15, 0.2) is 11.5 Å². The summed E-state index contributed by atoms with van der Waals surface area (Å²) >= 11 is 0. The van der Waals surface area contributed by atoms with E-state index in [4.69, 9.17) is 14.6 Å². The van der Waals surface area contributed by atoms with Gasteiger partial charge in [-0.05, 0) is 24.1 Å². The Morgan fingerprint density at radius 2 is 1.57 bits per heavy atom. The number of unbranched alkanes of at least 4 members (excludes halogenated alkanes) is 7. The van der Waals surface area contributed by atoms with Gasteiger partial charge in [-0.15, -0.1) is 0 Å². The minimum absolute atomic E-state index is 0.0259. The third-order valence-corrected chi connectivity index (χ3v) is 3.67. The van der Waals surface area contributed by atoms with Crippen molar-refractivity contribution in [3.8, 4) is 11.5 Å². The molecule has 0 aliphatic heterocycles. The fourth-order valence-electron chi connectivity index (χ4n) is 2.35. The monoisotopic (exact) mass is 294 g/mol. The lowest BCUT2D eigenvalue weighted by Gasteiger charge is -2.11. The van der Waals surface area contributed by atoms with E-state index < -0.39 is 0 Å². The van der Waals surface area contributed by atoms with Crippen LogP contribution < -0.4 is 9.47 Å². The van der Waals surface area contributed by atoms with E-state index >= 15 is 0 Å². The molecule has 1 rings (SSSR count). The smallest absolute Gasteiger partial charge is 0.161 e. The van der Waals surface area contributed by atoms with E-state index in [1.807, 2.05) is 18.2 Å². The van der Waals surface area contributed by atoms with E-state index in [0.717, 1.165) is 23.5 Å². The molecule has 0 saturated heterocycles. The van der Waals surface area contributed by atoms with Gasteiger partial charge in [-0.2, -0.15) is 0 Å². The van der Waals surface area contributed by atoms with E-state index in [1.54, 1.807) is 7.11 Å². The first-order valence-corrected chi connectivity index (χ1v) is 8.22. The average molecular weight is 294 g/mol. The molecular formula is C18H30O3. The Bertz CT molecular complexity index is 377. The zero-order valence-corrected chi connectivity index (χ0v) is 13.6. The lowest BCUT2D eigenvalue weighted by atomic mass is 10.1. The highest BCUT2D eigenvalue weighted by Crippen LogP contribution is 2.28. The Morgan fingerprint density at radius 3 is 2.19 bits per heavy atom. The van der Waals surface area contributed by atoms with Gasteiger partial charge >= 0.3 is 0 Å². The molecule has 0 unspecified atom stereocenters. The summed E-state index contributed by atoms with van der Waals surface area (Å²) in [7, 11) is 1.64. The topological polar surface area (TPSA) is 38.7 Å². The predicted octanol–water partition coefficient (Wildman–Crippen LogP) is 4.71. The van der Waals surface area contributed by atoms with E-state index in [1.165, 1.54) is 44.9 Å². The number of benzene rings is 1. The Morgan fingerprint density at radius 1 is 0.905 bits per heavy atom. The highest BCUT2D eigenvalue weighted by Gasteiger charge is 2.05. The molecule has 1 aromatic rings. The van der Waals surface area contributed by atoms with Gasteiger partial charge in [0.1, 0.15) is 0 Å². The molecule has 0 aliphatic carbocycles. The second kappa shape index (κ2) is 11.4. The molecule has 3 heteroatoms. The largest absolute Gasteiger partial charge is 0.493 e. The van der Waals surface area contributed by atoms with E-state index in [2.05, 4.69) is 6.92 Å². The maximum absolute atomic E-state index is 9.16. The number of hydrogen-bond acceptors (Lipinski definition) is 3. The van der Waals surface area contributed by atoms with Gasteiger partial charge in [-0.1, -0.05) is 57.9 Å². The normalized spacial score (nSPS) is 10.6. The number of aliphatic hydroxyl groups is 1. The molecule has 0 atom stereocenters. The van der Waals surface area contributed by atoms with Gasteiger partial charge in [0.2, 0.25) is 0 Å². The molecule has 0 spiro atoms. The summed E-state index contributed by atoms with van der Waals surface area (Å²) < 4.78 is 11.1. The van der Waals surface area contributed by atoms with Crippen molar-refractivity contribution in [3.05, 3.63) is 23.8 Å². The number of ether oxygens (including phenoxy) is 2. The third-order valence-electron chi connectivity index (χ3n) is 3.67. The molecule has 0 fully saturated rings. The number of aliphatic hydroxyl groups excluding tert-OH is 1. The van der Waals surface area contributed by atoms with Crippen LogP contribution in [0.25, 0.3) is 0 Å². The van der Waals surface area contributed by atoms with Gasteiger partial charge in [0, 0.05) is 0 Å². The fraction of sp³-hybridized carbons (Fsp3) is 0.667. The summed E-state index contributed by atoms with van der Waals surface area (Å²) in [6, 6.07) is 5.54. The summed E-state index contributed by atoms with van der Waals surface area (Å²) in [4.78, 5) is 0. The SMILES string of the molecule is CCCCCCCCCCOc1cc(CO)ccc1OC.